The molecule has 0 spiro atoms. The molecule has 0 radical (unpaired) electrons. The molecule has 1 amide bonds. The Hall–Kier alpha value is -0.880. The standard InChI is InChI=1S/C15H20BrNO3S/c1-15(2,3)20-14(19)17-7-6-12(18)10(9-17)8-11-4-5-13(16)21-11/h4-5,10H,6-9H2,1-3H3. The van der Waals surface area contributed by atoms with E-state index in [9.17, 15) is 9.59 Å². The molecule has 0 aromatic carbocycles. The van der Waals surface area contributed by atoms with Gasteiger partial charge in [0.05, 0.1) is 3.79 Å². The number of rotatable bonds is 2. The van der Waals surface area contributed by atoms with Gasteiger partial charge in [-0.05, 0) is 55.3 Å². The van der Waals surface area contributed by atoms with Crippen LogP contribution < -0.4 is 0 Å². The lowest BCUT2D eigenvalue weighted by molar-refractivity contribution is -0.125. The highest BCUT2D eigenvalue weighted by Gasteiger charge is 2.32. The lowest BCUT2D eigenvalue weighted by atomic mass is 9.93. The van der Waals surface area contributed by atoms with E-state index in [2.05, 4.69) is 15.9 Å². The number of thiophene rings is 1. The van der Waals surface area contributed by atoms with E-state index in [1.807, 2.05) is 32.9 Å². The normalized spacial score (nSPS) is 19.7. The summed E-state index contributed by atoms with van der Waals surface area (Å²) < 4.78 is 6.45. The monoisotopic (exact) mass is 373 g/mol. The molecule has 2 rings (SSSR count). The van der Waals surface area contributed by atoms with Crippen LogP contribution in [-0.4, -0.2) is 35.5 Å². The van der Waals surface area contributed by atoms with Crippen LogP contribution in [0.15, 0.2) is 15.9 Å². The van der Waals surface area contributed by atoms with Crippen LogP contribution in [0.1, 0.15) is 32.1 Å². The van der Waals surface area contributed by atoms with Crippen LogP contribution in [0.2, 0.25) is 0 Å². The van der Waals surface area contributed by atoms with E-state index < -0.39 is 5.60 Å². The fraction of sp³-hybridized carbons (Fsp3) is 0.600. The fourth-order valence-electron chi connectivity index (χ4n) is 2.28. The van der Waals surface area contributed by atoms with Gasteiger partial charge in [0.25, 0.3) is 0 Å². The van der Waals surface area contributed by atoms with E-state index in [1.165, 1.54) is 0 Å². The van der Waals surface area contributed by atoms with Crippen molar-refractivity contribution >= 4 is 39.1 Å². The number of hydrogen-bond acceptors (Lipinski definition) is 4. The van der Waals surface area contributed by atoms with Gasteiger partial charge in [0, 0.05) is 30.3 Å². The second kappa shape index (κ2) is 6.48. The predicted octanol–water partition coefficient (Wildman–Crippen LogP) is 3.88. The summed E-state index contributed by atoms with van der Waals surface area (Å²) >= 11 is 5.06. The van der Waals surface area contributed by atoms with Crippen molar-refractivity contribution in [1.82, 2.24) is 4.90 Å². The molecule has 1 fully saturated rings. The largest absolute Gasteiger partial charge is 0.444 e. The third-order valence-electron chi connectivity index (χ3n) is 3.25. The molecule has 6 heteroatoms. The summed E-state index contributed by atoms with van der Waals surface area (Å²) in [6.45, 7) is 6.45. The third kappa shape index (κ3) is 4.81. The minimum absolute atomic E-state index is 0.128. The van der Waals surface area contributed by atoms with Crippen molar-refractivity contribution in [3.05, 3.63) is 20.8 Å². The second-order valence-electron chi connectivity index (χ2n) is 6.25. The van der Waals surface area contributed by atoms with E-state index in [4.69, 9.17) is 4.74 Å². The zero-order valence-corrected chi connectivity index (χ0v) is 14.9. The van der Waals surface area contributed by atoms with E-state index >= 15 is 0 Å². The molecule has 1 aliphatic heterocycles. The van der Waals surface area contributed by atoms with Crippen LogP contribution in [0.5, 0.6) is 0 Å². The molecular weight excluding hydrogens is 354 g/mol. The lowest BCUT2D eigenvalue weighted by Crippen LogP contribution is -2.46. The molecule has 1 aromatic rings. The Kier molecular flexibility index (Phi) is 5.09. The summed E-state index contributed by atoms with van der Waals surface area (Å²) in [6, 6.07) is 4.01. The molecule has 1 aromatic heterocycles. The number of piperidine rings is 1. The Morgan fingerprint density at radius 2 is 2.19 bits per heavy atom. The quantitative estimate of drug-likeness (QED) is 0.789. The van der Waals surface area contributed by atoms with Gasteiger partial charge < -0.3 is 9.64 Å². The zero-order chi connectivity index (χ0) is 15.6. The number of ketones is 1. The van der Waals surface area contributed by atoms with Gasteiger partial charge >= 0.3 is 6.09 Å². The highest BCUT2D eigenvalue weighted by Crippen LogP contribution is 2.27. The SMILES string of the molecule is CC(C)(C)OC(=O)N1CCC(=O)C(Cc2ccc(Br)s2)C1. The Morgan fingerprint density at radius 1 is 1.48 bits per heavy atom. The van der Waals surface area contributed by atoms with Gasteiger partial charge in [0.2, 0.25) is 0 Å². The molecule has 1 unspecified atom stereocenters. The molecule has 0 saturated carbocycles. The van der Waals surface area contributed by atoms with Gasteiger partial charge in [0.15, 0.2) is 0 Å². The van der Waals surface area contributed by atoms with Crippen molar-refractivity contribution in [3.63, 3.8) is 0 Å². The Morgan fingerprint density at radius 3 is 2.76 bits per heavy atom. The van der Waals surface area contributed by atoms with Crippen molar-refractivity contribution in [1.29, 1.82) is 0 Å². The van der Waals surface area contributed by atoms with Crippen molar-refractivity contribution in [2.45, 2.75) is 39.2 Å². The molecule has 0 bridgehead atoms. The van der Waals surface area contributed by atoms with Crippen LogP contribution in [-0.2, 0) is 16.0 Å². The highest BCUT2D eigenvalue weighted by atomic mass is 79.9. The van der Waals surface area contributed by atoms with Crippen LogP contribution >= 0.6 is 27.3 Å². The van der Waals surface area contributed by atoms with Gasteiger partial charge in [-0.15, -0.1) is 11.3 Å². The summed E-state index contributed by atoms with van der Waals surface area (Å²) in [5.41, 5.74) is -0.507. The third-order valence-corrected chi connectivity index (χ3v) is 4.90. The lowest BCUT2D eigenvalue weighted by Gasteiger charge is -2.33. The van der Waals surface area contributed by atoms with Crippen LogP contribution in [0.25, 0.3) is 0 Å². The van der Waals surface area contributed by atoms with Gasteiger partial charge in [-0.1, -0.05) is 0 Å². The first-order valence-corrected chi connectivity index (χ1v) is 8.60. The maximum atomic E-state index is 12.1. The van der Waals surface area contributed by atoms with E-state index in [-0.39, 0.29) is 17.8 Å². The summed E-state index contributed by atoms with van der Waals surface area (Å²) in [6.07, 6.45) is 0.776. The average Bonchev–Trinajstić information content (AvgIpc) is 2.75. The topological polar surface area (TPSA) is 46.6 Å². The average molecular weight is 374 g/mol. The maximum absolute atomic E-state index is 12.1. The molecule has 4 nitrogen and oxygen atoms in total. The van der Waals surface area contributed by atoms with Crippen molar-refractivity contribution in [2.24, 2.45) is 5.92 Å². The number of amides is 1. The molecule has 1 atom stereocenters. The van der Waals surface area contributed by atoms with E-state index in [1.54, 1.807) is 16.2 Å². The summed E-state index contributed by atoms with van der Waals surface area (Å²) in [7, 11) is 0. The van der Waals surface area contributed by atoms with Gasteiger partial charge in [0.1, 0.15) is 11.4 Å². The van der Waals surface area contributed by atoms with Crippen LogP contribution in [0, 0.1) is 5.92 Å². The summed E-state index contributed by atoms with van der Waals surface area (Å²) in [4.78, 5) is 27.0. The fourth-order valence-corrected chi connectivity index (χ4v) is 3.85. The van der Waals surface area contributed by atoms with E-state index in [0.29, 0.717) is 25.9 Å². The molecule has 0 N–H and O–H groups in total. The van der Waals surface area contributed by atoms with Crippen molar-refractivity contribution < 1.29 is 14.3 Å². The first kappa shape index (κ1) is 16.5. The molecule has 116 valence electrons. The van der Waals surface area contributed by atoms with Gasteiger partial charge in [-0.2, -0.15) is 0 Å². The minimum atomic E-state index is -0.507. The number of nitrogens with zero attached hydrogens (tertiary/aromatic N) is 1. The Bertz CT molecular complexity index is 535. The highest BCUT2D eigenvalue weighted by molar-refractivity contribution is 9.11. The summed E-state index contributed by atoms with van der Waals surface area (Å²) in [5, 5.41) is 0. The molecule has 21 heavy (non-hydrogen) atoms. The van der Waals surface area contributed by atoms with Crippen molar-refractivity contribution in [3.8, 4) is 0 Å². The number of ether oxygens (including phenoxy) is 1. The minimum Gasteiger partial charge on any atom is -0.444 e. The second-order valence-corrected chi connectivity index (χ2v) is 8.80. The molecular formula is C15H20BrNO3S. The zero-order valence-electron chi connectivity index (χ0n) is 12.5. The Labute approximate surface area is 137 Å². The summed E-state index contributed by atoms with van der Waals surface area (Å²) in [5.74, 6) is 0.108. The number of likely N-dealkylation sites (tertiary alicyclic amines) is 1. The number of carbonyl (C=O) groups excluding carboxylic acids is 2. The number of hydrogen-bond donors (Lipinski definition) is 0. The van der Waals surface area contributed by atoms with E-state index in [0.717, 1.165) is 8.66 Å². The number of halogens is 1. The van der Waals surface area contributed by atoms with Crippen LogP contribution in [0.4, 0.5) is 4.79 Å². The molecule has 1 saturated heterocycles. The maximum Gasteiger partial charge on any atom is 0.410 e. The number of Topliss-reactive ketones (excluding diaryl/α,β-unsaturated/α-hetero) is 1. The first-order chi connectivity index (χ1) is 9.74. The van der Waals surface area contributed by atoms with Gasteiger partial charge in [-0.25, -0.2) is 4.79 Å². The predicted molar refractivity (Wildman–Crippen MR) is 86.6 cm³/mol. The van der Waals surface area contributed by atoms with Crippen LogP contribution in [0.3, 0.4) is 0 Å². The molecule has 1 aliphatic rings. The smallest absolute Gasteiger partial charge is 0.410 e. The Balaban J connectivity index is 1.99. The molecule has 0 aliphatic carbocycles. The molecule has 2 heterocycles. The number of carbonyl (C=O) groups is 2. The van der Waals surface area contributed by atoms with Gasteiger partial charge in [-0.3, -0.25) is 4.79 Å². The first-order valence-electron chi connectivity index (χ1n) is 6.99. The van der Waals surface area contributed by atoms with Crippen molar-refractivity contribution in [2.75, 3.05) is 13.1 Å².